The van der Waals surface area contributed by atoms with Crippen LogP contribution in [0.5, 0.6) is 0 Å². The number of hydrogen-bond donors (Lipinski definition) is 1. The summed E-state index contributed by atoms with van der Waals surface area (Å²) in [6.45, 7) is 4.88. The molecule has 0 radical (unpaired) electrons. The summed E-state index contributed by atoms with van der Waals surface area (Å²) in [7, 11) is 0. The maximum Gasteiger partial charge on any atom is 0.285 e. The van der Waals surface area contributed by atoms with E-state index in [4.69, 9.17) is 9.82 Å². The van der Waals surface area contributed by atoms with Gasteiger partial charge < -0.3 is 9.88 Å². The third-order valence-corrected chi connectivity index (χ3v) is 7.15. The predicted molar refractivity (Wildman–Crippen MR) is 143 cm³/mol. The summed E-state index contributed by atoms with van der Waals surface area (Å²) in [6.07, 6.45) is 1.46. The number of tetrazole rings is 1. The van der Waals surface area contributed by atoms with Crippen molar-refractivity contribution in [3.05, 3.63) is 88.4 Å². The summed E-state index contributed by atoms with van der Waals surface area (Å²) in [6, 6.07) is 15.7. The number of hydrogen-bond acceptors (Lipinski definition) is 8. The lowest BCUT2D eigenvalue weighted by molar-refractivity contribution is -0.103. The van der Waals surface area contributed by atoms with Gasteiger partial charge in [0.05, 0.1) is 16.6 Å². The minimum Gasteiger partial charge on any atom is -0.352 e. The summed E-state index contributed by atoms with van der Waals surface area (Å²) < 4.78 is 3.66. The van der Waals surface area contributed by atoms with Gasteiger partial charge in [-0.1, -0.05) is 30.3 Å². The molecule has 3 aromatic heterocycles. The van der Waals surface area contributed by atoms with Crippen LogP contribution in [0.25, 0.3) is 16.7 Å². The monoisotopic (exact) mass is 538 g/mol. The molecular weight excluding hydrogens is 512 g/mol. The van der Waals surface area contributed by atoms with Crippen molar-refractivity contribution in [3.8, 4) is 0 Å². The number of amides is 3. The maximum atomic E-state index is 12.8. The molecule has 0 saturated carbocycles. The van der Waals surface area contributed by atoms with E-state index in [1.807, 2.05) is 36.6 Å². The number of rotatable bonds is 9. The molecule has 1 N–H and O–H groups in total. The fourth-order valence-corrected chi connectivity index (χ4v) is 4.97. The van der Waals surface area contributed by atoms with Gasteiger partial charge in [-0.3, -0.25) is 19.2 Å². The zero-order valence-electron chi connectivity index (χ0n) is 22.0. The molecule has 0 bridgehead atoms. The fraction of sp³-hybridized carbons (Fsp3) is 0.250. The van der Waals surface area contributed by atoms with Gasteiger partial charge in [0.1, 0.15) is 17.9 Å². The molecular formula is C28H26N8O4. The number of carbonyl (C=O) groups is 3. The van der Waals surface area contributed by atoms with Gasteiger partial charge in [0, 0.05) is 24.3 Å². The van der Waals surface area contributed by atoms with Crippen molar-refractivity contribution in [1.82, 2.24) is 40.0 Å². The van der Waals surface area contributed by atoms with Gasteiger partial charge in [0.15, 0.2) is 0 Å². The first-order valence-electron chi connectivity index (χ1n) is 13.0. The Balaban J connectivity index is 1.23. The standard InChI is InChI=1S/C28H26N8O4/c1-17-18(2)35-25(31-32-33-35)23-24(17)34(15-9-8-14-29-26(37)19-10-4-3-5-11-19)22(30-23)16-40-36-27(38)20-12-6-7-13-21(20)28(36)39/h3-7,10-13H,8-9,14-16H2,1-2H3,(H,29,37). The number of carbonyl (C=O) groups excluding carboxylic acids is 3. The quantitative estimate of drug-likeness (QED) is 0.223. The lowest BCUT2D eigenvalue weighted by atomic mass is 10.1. The fourth-order valence-electron chi connectivity index (χ4n) is 4.97. The van der Waals surface area contributed by atoms with Gasteiger partial charge in [0.25, 0.3) is 17.7 Å². The van der Waals surface area contributed by atoms with Crippen LogP contribution in [0.3, 0.4) is 0 Å². The lowest BCUT2D eigenvalue weighted by Gasteiger charge is -2.15. The van der Waals surface area contributed by atoms with Crippen molar-refractivity contribution in [3.63, 3.8) is 0 Å². The number of imidazole rings is 1. The number of unbranched alkanes of at least 4 members (excludes halogenated alkanes) is 1. The van der Waals surface area contributed by atoms with Crippen LogP contribution in [0.15, 0.2) is 54.6 Å². The van der Waals surface area contributed by atoms with E-state index in [0.717, 1.165) is 34.7 Å². The molecule has 1 aliphatic rings. The second kappa shape index (κ2) is 10.3. The van der Waals surface area contributed by atoms with Crippen molar-refractivity contribution >= 4 is 34.4 Å². The molecule has 0 spiro atoms. The molecule has 0 unspecified atom stereocenters. The first-order valence-corrected chi connectivity index (χ1v) is 13.0. The number of fused-ring (bicyclic) bond motifs is 4. The normalized spacial score (nSPS) is 13.0. The van der Waals surface area contributed by atoms with Crippen LogP contribution in [0, 0.1) is 13.8 Å². The third-order valence-electron chi connectivity index (χ3n) is 7.15. The molecule has 0 atom stereocenters. The zero-order chi connectivity index (χ0) is 27.8. The number of hydroxylamine groups is 2. The number of pyridine rings is 1. The molecule has 2 aromatic carbocycles. The van der Waals surface area contributed by atoms with E-state index in [9.17, 15) is 14.4 Å². The van der Waals surface area contributed by atoms with Gasteiger partial charge in [-0.2, -0.15) is 4.52 Å². The first-order chi connectivity index (χ1) is 19.5. The Morgan fingerprint density at radius 3 is 2.38 bits per heavy atom. The number of imide groups is 1. The summed E-state index contributed by atoms with van der Waals surface area (Å²) in [5, 5.41) is 15.8. The van der Waals surface area contributed by atoms with Crippen LogP contribution in [-0.2, 0) is 18.0 Å². The average Bonchev–Trinajstić information content (AvgIpc) is 3.67. The maximum absolute atomic E-state index is 12.8. The van der Waals surface area contributed by atoms with Crippen molar-refractivity contribution in [2.24, 2.45) is 0 Å². The Labute approximate surface area is 228 Å². The first kappa shape index (κ1) is 25.3. The summed E-state index contributed by atoms with van der Waals surface area (Å²) in [5.41, 5.74) is 5.02. The van der Waals surface area contributed by atoms with Crippen LogP contribution in [-0.4, -0.2) is 58.9 Å². The van der Waals surface area contributed by atoms with Crippen molar-refractivity contribution in [1.29, 1.82) is 0 Å². The molecule has 40 heavy (non-hydrogen) atoms. The van der Waals surface area contributed by atoms with Crippen LogP contribution < -0.4 is 5.32 Å². The highest BCUT2D eigenvalue weighted by Gasteiger charge is 2.37. The van der Waals surface area contributed by atoms with Crippen molar-refractivity contribution in [2.75, 3.05) is 6.54 Å². The van der Waals surface area contributed by atoms with Crippen LogP contribution in [0.2, 0.25) is 0 Å². The van der Waals surface area contributed by atoms with Crippen molar-refractivity contribution < 1.29 is 19.2 Å². The molecule has 6 rings (SSSR count). The number of benzene rings is 2. The Morgan fingerprint density at radius 2 is 1.65 bits per heavy atom. The molecule has 5 aromatic rings. The van der Waals surface area contributed by atoms with E-state index in [1.54, 1.807) is 40.9 Å². The molecule has 3 amide bonds. The largest absolute Gasteiger partial charge is 0.352 e. The minimum absolute atomic E-state index is 0.114. The van der Waals surface area contributed by atoms with E-state index < -0.39 is 11.8 Å². The Bertz CT molecular complexity index is 1740. The van der Waals surface area contributed by atoms with Gasteiger partial charge in [-0.25, -0.2) is 4.98 Å². The Morgan fingerprint density at radius 1 is 0.950 bits per heavy atom. The van der Waals surface area contributed by atoms with Gasteiger partial charge in [-0.15, -0.1) is 10.2 Å². The number of nitrogens with one attached hydrogen (secondary N) is 1. The van der Waals surface area contributed by atoms with Gasteiger partial charge in [-0.05, 0) is 66.9 Å². The van der Waals surface area contributed by atoms with Crippen LogP contribution in [0.1, 0.15) is 61.0 Å². The number of nitrogens with zero attached hydrogens (tertiary/aromatic N) is 7. The average molecular weight is 539 g/mol. The van der Waals surface area contributed by atoms with E-state index in [2.05, 4.69) is 20.8 Å². The summed E-state index contributed by atoms with van der Waals surface area (Å²) in [4.78, 5) is 48.6. The summed E-state index contributed by atoms with van der Waals surface area (Å²) in [5.74, 6) is -0.600. The highest BCUT2D eigenvalue weighted by atomic mass is 16.7. The Hall–Kier alpha value is -4.97. The molecule has 4 heterocycles. The molecule has 0 aliphatic carbocycles. The molecule has 1 aliphatic heterocycles. The molecule has 202 valence electrons. The number of aromatic nitrogens is 6. The molecule has 12 heteroatoms. The van der Waals surface area contributed by atoms with Gasteiger partial charge >= 0.3 is 0 Å². The van der Waals surface area contributed by atoms with Gasteiger partial charge in [0.2, 0.25) is 5.65 Å². The van der Waals surface area contributed by atoms with Crippen LogP contribution >= 0.6 is 0 Å². The third kappa shape index (κ3) is 4.28. The molecule has 12 nitrogen and oxygen atoms in total. The SMILES string of the molecule is Cc1c(C)n2nnnc2c2nc(CON3C(=O)c4ccccc4C3=O)n(CCCCNC(=O)c3ccccc3)c12. The van der Waals surface area contributed by atoms with E-state index in [-0.39, 0.29) is 12.5 Å². The molecule has 0 saturated heterocycles. The molecule has 0 fully saturated rings. The second-order valence-corrected chi connectivity index (χ2v) is 9.55. The number of aryl methyl sites for hydroxylation is 3. The minimum atomic E-state index is -0.506. The lowest BCUT2D eigenvalue weighted by Crippen LogP contribution is -2.30. The highest BCUT2D eigenvalue weighted by molar-refractivity contribution is 6.20. The van der Waals surface area contributed by atoms with E-state index in [1.165, 1.54) is 0 Å². The van der Waals surface area contributed by atoms with Crippen LogP contribution in [0.4, 0.5) is 0 Å². The Kier molecular flexibility index (Phi) is 6.52. The van der Waals surface area contributed by atoms with E-state index in [0.29, 0.717) is 46.8 Å². The zero-order valence-corrected chi connectivity index (χ0v) is 22.0. The highest BCUT2D eigenvalue weighted by Crippen LogP contribution is 2.28. The second-order valence-electron chi connectivity index (χ2n) is 9.55. The smallest absolute Gasteiger partial charge is 0.285 e. The topological polar surface area (TPSA) is 137 Å². The van der Waals surface area contributed by atoms with E-state index >= 15 is 0 Å². The predicted octanol–water partition coefficient (Wildman–Crippen LogP) is 3.03. The summed E-state index contributed by atoms with van der Waals surface area (Å²) >= 11 is 0. The van der Waals surface area contributed by atoms with Crippen molar-refractivity contribution in [2.45, 2.75) is 39.8 Å².